The Morgan fingerprint density at radius 3 is 2.52 bits per heavy atom. The number of hydrogen-bond acceptors (Lipinski definition) is 7. The molecule has 0 unspecified atom stereocenters. The van der Waals surface area contributed by atoms with Crippen LogP contribution in [0.15, 0.2) is 38.6 Å². The average molecular weight is 474 g/mol. The van der Waals surface area contributed by atoms with Crippen molar-refractivity contribution in [1.82, 2.24) is 24.6 Å². The van der Waals surface area contributed by atoms with Gasteiger partial charge in [-0.25, -0.2) is 14.2 Å². The number of halogens is 1. The van der Waals surface area contributed by atoms with Gasteiger partial charge in [-0.05, 0) is 56.1 Å². The molecule has 5 rings (SSSR count). The first-order valence-electron chi connectivity index (χ1n) is 11.1. The van der Waals surface area contributed by atoms with Gasteiger partial charge in [0.05, 0.1) is 17.8 Å². The van der Waals surface area contributed by atoms with E-state index in [9.17, 15) is 18.8 Å². The molecule has 2 fully saturated rings. The molecule has 1 N–H and O–H groups in total. The third-order valence-corrected chi connectivity index (χ3v) is 7.59. The molecule has 1 saturated heterocycles. The summed E-state index contributed by atoms with van der Waals surface area (Å²) in [6.45, 7) is 0. The van der Waals surface area contributed by atoms with Crippen molar-refractivity contribution in [2.75, 3.05) is 11.5 Å². The highest BCUT2D eigenvalue weighted by Gasteiger charge is 2.30. The van der Waals surface area contributed by atoms with Gasteiger partial charge in [-0.15, -0.1) is 0 Å². The summed E-state index contributed by atoms with van der Waals surface area (Å²) in [4.78, 5) is 43.3. The molecule has 11 heteroatoms. The second-order valence-electron chi connectivity index (χ2n) is 8.55. The highest BCUT2D eigenvalue weighted by Crippen LogP contribution is 2.30. The molecule has 0 atom stereocenters. The molecule has 2 aliphatic rings. The highest BCUT2D eigenvalue weighted by atomic mass is 32.2. The molecule has 9 nitrogen and oxygen atoms in total. The van der Waals surface area contributed by atoms with E-state index in [2.05, 4.69) is 15.5 Å². The van der Waals surface area contributed by atoms with Crippen LogP contribution in [0.5, 0.6) is 0 Å². The maximum Gasteiger partial charge on any atom is 0.333 e. The van der Waals surface area contributed by atoms with Crippen LogP contribution in [0.3, 0.4) is 0 Å². The van der Waals surface area contributed by atoms with Crippen molar-refractivity contribution >= 4 is 28.7 Å². The molecule has 0 aromatic carbocycles. The number of pyridine rings is 1. The van der Waals surface area contributed by atoms with E-state index < -0.39 is 11.4 Å². The van der Waals surface area contributed by atoms with Gasteiger partial charge in [-0.3, -0.25) is 18.7 Å². The van der Waals surface area contributed by atoms with Gasteiger partial charge in [0.2, 0.25) is 5.76 Å². The number of amides is 1. The molecule has 1 aliphatic heterocycles. The summed E-state index contributed by atoms with van der Waals surface area (Å²) in [5.74, 6) is 1.06. The fourth-order valence-corrected chi connectivity index (χ4v) is 5.95. The SMILES string of the molecule is O=C(N[C@H]1CC[C@@H](n2c(=O)c3cc(F)cnc3n(C3CCSCC3)c2=O)CC1)c1ccno1. The molecule has 1 saturated carbocycles. The molecule has 0 radical (unpaired) electrons. The van der Waals surface area contributed by atoms with E-state index in [0.29, 0.717) is 25.7 Å². The minimum atomic E-state index is -0.602. The lowest BCUT2D eigenvalue weighted by atomic mass is 9.90. The molecule has 4 heterocycles. The van der Waals surface area contributed by atoms with E-state index in [1.165, 1.54) is 22.9 Å². The zero-order valence-corrected chi connectivity index (χ0v) is 18.7. The van der Waals surface area contributed by atoms with E-state index >= 15 is 0 Å². The first kappa shape index (κ1) is 21.9. The van der Waals surface area contributed by atoms with Crippen LogP contribution in [0.1, 0.15) is 61.2 Å². The largest absolute Gasteiger partial charge is 0.351 e. The second-order valence-corrected chi connectivity index (χ2v) is 9.78. The van der Waals surface area contributed by atoms with E-state index in [1.54, 1.807) is 4.57 Å². The van der Waals surface area contributed by atoms with E-state index in [-0.39, 0.29) is 46.5 Å². The van der Waals surface area contributed by atoms with Crippen molar-refractivity contribution in [3.05, 3.63) is 56.9 Å². The normalized spacial score (nSPS) is 21.8. The number of fused-ring (bicyclic) bond motifs is 1. The van der Waals surface area contributed by atoms with Crippen LogP contribution in [0.4, 0.5) is 4.39 Å². The van der Waals surface area contributed by atoms with Crippen LogP contribution < -0.4 is 16.6 Å². The average Bonchev–Trinajstić information content (AvgIpc) is 3.37. The number of nitrogens with zero attached hydrogens (tertiary/aromatic N) is 4. The minimum absolute atomic E-state index is 0.0661. The lowest BCUT2D eigenvalue weighted by Crippen LogP contribution is -2.46. The summed E-state index contributed by atoms with van der Waals surface area (Å²) >= 11 is 1.84. The van der Waals surface area contributed by atoms with Crippen LogP contribution in [0.25, 0.3) is 11.0 Å². The maximum atomic E-state index is 14.0. The predicted molar refractivity (Wildman–Crippen MR) is 121 cm³/mol. The van der Waals surface area contributed by atoms with Crippen molar-refractivity contribution < 1.29 is 13.7 Å². The monoisotopic (exact) mass is 473 g/mol. The van der Waals surface area contributed by atoms with Gasteiger partial charge >= 0.3 is 5.69 Å². The Bertz CT molecular complexity index is 1270. The van der Waals surface area contributed by atoms with Crippen LogP contribution >= 0.6 is 11.8 Å². The fraction of sp³-hybridized carbons (Fsp3) is 0.500. The zero-order chi connectivity index (χ0) is 22.9. The maximum absolute atomic E-state index is 14.0. The van der Waals surface area contributed by atoms with E-state index in [0.717, 1.165) is 30.5 Å². The first-order valence-corrected chi connectivity index (χ1v) is 12.3. The quantitative estimate of drug-likeness (QED) is 0.620. The van der Waals surface area contributed by atoms with Crippen molar-refractivity contribution in [1.29, 1.82) is 0 Å². The molecule has 0 spiro atoms. The summed E-state index contributed by atoms with van der Waals surface area (Å²) in [5, 5.41) is 6.59. The molecular weight excluding hydrogens is 449 g/mol. The summed E-state index contributed by atoms with van der Waals surface area (Å²) < 4.78 is 21.8. The number of aromatic nitrogens is 4. The third-order valence-electron chi connectivity index (χ3n) is 6.54. The van der Waals surface area contributed by atoms with Gasteiger partial charge < -0.3 is 9.84 Å². The van der Waals surface area contributed by atoms with Gasteiger partial charge in [0, 0.05) is 24.2 Å². The number of hydrogen-bond donors (Lipinski definition) is 1. The van der Waals surface area contributed by atoms with Gasteiger partial charge in [-0.1, -0.05) is 5.16 Å². The van der Waals surface area contributed by atoms with Crippen molar-refractivity contribution in [2.24, 2.45) is 0 Å². The molecule has 33 heavy (non-hydrogen) atoms. The van der Waals surface area contributed by atoms with Gasteiger partial charge in [0.25, 0.3) is 11.5 Å². The van der Waals surface area contributed by atoms with Crippen LogP contribution in [-0.4, -0.2) is 42.7 Å². The minimum Gasteiger partial charge on any atom is -0.351 e. The van der Waals surface area contributed by atoms with Crippen molar-refractivity contribution in [2.45, 2.75) is 56.7 Å². The summed E-state index contributed by atoms with van der Waals surface area (Å²) in [7, 11) is 0. The van der Waals surface area contributed by atoms with Crippen LogP contribution in [0, 0.1) is 5.82 Å². The Labute approximate surface area is 192 Å². The van der Waals surface area contributed by atoms with E-state index in [4.69, 9.17) is 4.52 Å². The Balaban J connectivity index is 1.45. The predicted octanol–water partition coefficient (Wildman–Crippen LogP) is 2.67. The summed E-state index contributed by atoms with van der Waals surface area (Å²) in [6, 6.07) is 2.20. The number of rotatable bonds is 4. The molecule has 1 amide bonds. The topological polar surface area (TPSA) is 112 Å². The van der Waals surface area contributed by atoms with Gasteiger partial charge in [0.15, 0.2) is 0 Å². The van der Waals surface area contributed by atoms with Gasteiger partial charge in [-0.2, -0.15) is 11.8 Å². The third kappa shape index (κ3) is 4.21. The van der Waals surface area contributed by atoms with Crippen LogP contribution in [0.2, 0.25) is 0 Å². The Hall–Kier alpha value is -2.95. The summed E-state index contributed by atoms with van der Waals surface area (Å²) in [6.07, 6.45) is 6.38. The van der Waals surface area contributed by atoms with Gasteiger partial charge in [0.1, 0.15) is 11.5 Å². The standard InChI is InChI=1S/C22H24FN5O4S/c23-13-11-17-19(24-12-13)27(16-6-9-33-10-7-16)22(31)28(21(17)30)15-3-1-14(2-4-15)26-20(29)18-5-8-25-32-18/h5,8,11-12,14-16H,1-4,6-7,9-10H2,(H,26,29)/t14-,15+. The number of nitrogens with one attached hydrogen (secondary N) is 1. The van der Waals surface area contributed by atoms with Crippen molar-refractivity contribution in [3.8, 4) is 0 Å². The lowest BCUT2D eigenvalue weighted by Gasteiger charge is -2.31. The zero-order valence-electron chi connectivity index (χ0n) is 17.9. The lowest BCUT2D eigenvalue weighted by molar-refractivity contribution is 0.0884. The van der Waals surface area contributed by atoms with E-state index in [1.807, 2.05) is 11.8 Å². The van der Waals surface area contributed by atoms with Crippen molar-refractivity contribution in [3.63, 3.8) is 0 Å². The highest BCUT2D eigenvalue weighted by molar-refractivity contribution is 7.99. The molecule has 3 aromatic heterocycles. The second kappa shape index (κ2) is 9.12. The Kier molecular flexibility index (Phi) is 6.05. The molecule has 3 aromatic rings. The first-order chi connectivity index (χ1) is 16.0. The number of thioether (sulfide) groups is 1. The molecule has 0 bridgehead atoms. The number of carbonyl (C=O) groups excluding carboxylic acids is 1. The molecular formula is C22H24FN5O4S. The fourth-order valence-electron chi connectivity index (χ4n) is 4.87. The molecule has 174 valence electrons. The van der Waals surface area contributed by atoms with Crippen LogP contribution in [-0.2, 0) is 0 Å². The number of carbonyl (C=O) groups is 1. The Morgan fingerprint density at radius 2 is 1.82 bits per heavy atom. The summed E-state index contributed by atoms with van der Waals surface area (Å²) in [5.41, 5.74) is -0.622. The Morgan fingerprint density at radius 1 is 1.09 bits per heavy atom. The smallest absolute Gasteiger partial charge is 0.333 e. The molecule has 1 aliphatic carbocycles.